The molecule has 1 fully saturated rings. The number of alkyl halides is 1. The zero-order valence-corrected chi connectivity index (χ0v) is 14.7. The lowest BCUT2D eigenvalue weighted by Crippen LogP contribution is -2.44. The van der Waals surface area contributed by atoms with Crippen molar-refractivity contribution in [3.63, 3.8) is 0 Å². The number of aryl methyl sites for hydroxylation is 2. The lowest BCUT2D eigenvalue weighted by atomic mass is 10.0. The summed E-state index contributed by atoms with van der Waals surface area (Å²) in [4.78, 5) is 0.390. The van der Waals surface area contributed by atoms with Crippen LogP contribution in [0, 0.1) is 13.8 Å². The molecule has 0 spiro atoms. The van der Waals surface area contributed by atoms with E-state index in [0.717, 1.165) is 31.0 Å². The fourth-order valence-corrected chi connectivity index (χ4v) is 5.60. The van der Waals surface area contributed by atoms with Gasteiger partial charge in [-0.2, -0.15) is 9.40 Å². The molecule has 1 aromatic rings. The Balaban J connectivity index is 2.42. The van der Waals surface area contributed by atoms with Gasteiger partial charge in [0.15, 0.2) is 0 Å². The van der Waals surface area contributed by atoms with E-state index in [9.17, 15) is 8.42 Å². The van der Waals surface area contributed by atoms with Crippen molar-refractivity contribution in [3.8, 4) is 0 Å². The molecule has 1 aliphatic rings. The largest absolute Gasteiger partial charge is 0.271 e. The van der Waals surface area contributed by atoms with E-state index in [-0.39, 0.29) is 6.04 Å². The van der Waals surface area contributed by atoms with Crippen LogP contribution in [0.15, 0.2) is 4.90 Å². The maximum absolute atomic E-state index is 13.0. The van der Waals surface area contributed by atoms with Crippen LogP contribution in [-0.2, 0) is 17.1 Å². The van der Waals surface area contributed by atoms with Gasteiger partial charge in [0, 0.05) is 25.0 Å². The first-order valence-electron chi connectivity index (χ1n) is 6.97. The predicted octanol–water partition coefficient (Wildman–Crippen LogP) is 2.37. The molecule has 1 aliphatic heterocycles. The predicted molar refractivity (Wildman–Crippen MR) is 82.6 cm³/mol. The van der Waals surface area contributed by atoms with Crippen molar-refractivity contribution in [2.45, 2.75) is 50.5 Å². The summed E-state index contributed by atoms with van der Waals surface area (Å²) in [5.74, 6) is 0. The molecule has 1 aromatic heterocycles. The van der Waals surface area contributed by atoms with Crippen LogP contribution in [0.4, 0.5) is 0 Å². The average molecular weight is 364 g/mol. The summed E-state index contributed by atoms with van der Waals surface area (Å²) in [5.41, 5.74) is 1.30. The van der Waals surface area contributed by atoms with Gasteiger partial charge >= 0.3 is 0 Å². The average Bonchev–Trinajstić information content (AvgIpc) is 2.64. The number of sulfonamides is 1. The summed E-state index contributed by atoms with van der Waals surface area (Å²) in [5, 5.41) is 5.07. The summed E-state index contributed by atoms with van der Waals surface area (Å²) >= 11 is 3.43. The van der Waals surface area contributed by atoms with Gasteiger partial charge in [-0.25, -0.2) is 8.42 Å². The fraction of sp³-hybridized carbons (Fsp3) is 0.769. The van der Waals surface area contributed by atoms with Gasteiger partial charge in [0.1, 0.15) is 4.90 Å². The fourth-order valence-electron chi connectivity index (χ4n) is 2.95. The Kier molecular flexibility index (Phi) is 4.92. The smallest absolute Gasteiger partial charge is 0.246 e. The van der Waals surface area contributed by atoms with E-state index in [2.05, 4.69) is 21.0 Å². The van der Waals surface area contributed by atoms with Crippen molar-refractivity contribution >= 4 is 26.0 Å². The third-order valence-electron chi connectivity index (χ3n) is 4.02. The van der Waals surface area contributed by atoms with Crippen molar-refractivity contribution in [2.75, 3.05) is 11.9 Å². The molecule has 5 nitrogen and oxygen atoms in total. The Labute approximate surface area is 129 Å². The molecule has 0 aliphatic carbocycles. The van der Waals surface area contributed by atoms with Crippen LogP contribution in [0.25, 0.3) is 0 Å². The molecule has 0 radical (unpaired) electrons. The van der Waals surface area contributed by atoms with Crippen LogP contribution in [-0.4, -0.2) is 40.4 Å². The molecule has 0 saturated carbocycles. The van der Waals surface area contributed by atoms with Crippen molar-refractivity contribution in [3.05, 3.63) is 11.4 Å². The highest BCUT2D eigenvalue weighted by atomic mass is 79.9. The van der Waals surface area contributed by atoms with Gasteiger partial charge in [-0.1, -0.05) is 22.4 Å². The lowest BCUT2D eigenvalue weighted by molar-refractivity contribution is 0.248. The highest BCUT2D eigenvalue weighted by molar-refractivity contribution is 9.09. The van der Waals surface area contributed by atoms with E-state index in [4.69, 9.17) is 0 Å². The number of aromatic nitrogens is 2. The highest BCUT2D eigenvalue weighted by Gasteiger charge is 2.36. The lowest BCUT2D eigenvalue weighted by Gasteiger charge is -2.34. The van der Waals surface area contributed by atoms with E-state index in [1.165, 1.54) is 0 Å². The number of hydrogen-bond acceptors (Lipinski definition) is 3. The van der Waals surface area contributed by atoms with Gasteiger partial charge in [-0.05, 0) is 33.1 Å². The first kappa shape index (κ1) is 16.0. The Bertz CT molecular complexity index is 581. The SMILES string of the molecule is Cc1nn(C)c(C)c1S(=O)(=O)N1CCCCC1CCBr. The van der Waals surface area contributed by atoms with Gasteiger partial charge < -0.3 is 0 Å². The van der Waals surface area contributed by atoms with Crippen molar-refractivity contribution < 1.29 is 8.42 Å². The number of halogens is 1. The van der Waals surface area contributed by atoms with E-state index in [1.54, 1.807) is 23.0 Å². The molecule has 7 heteroatoms. The van der Waals surface area contributed by atoms with Gasteiger partial charge in [0.2, 0.25) is 10.0 Å². The topological polar surface area (TPSA) is 55.2 Å². The minimum Gasteiger partial charge on any atom is -0.271 e. The first-order valence-corrected chi connectivity index (χ1v) is 9.53. The second kappa shape index (κ2) is 6.15. The molecule has 1 saturated heterocycles. The second-order valence-electron chi connectivity index (χ2n) is 5.37. The maximum atomic E-state index is 13.0. The molecule has 0 amide bonds. The minimum absolute atomic E-state index is 0.104. The van der Waals surface area contributed by atoms with Crippen LogP contribution in [0.1, 0.15) is 37.1 Å². The minimum atomic E-state index is -3.44. The van der Waals surface area contributed by atoms with E-state index < -0.39 is 10.0 Å². The third kappa shape index (κ3) is 2.80. The molecule has 20 heavy (non-hydrogen) atoms. The Hall–Kier alpha value is -0.400. The van der Waals surface area contributed by atoms with Gasteiger partial charge in [-0.3, -0.25) is 4.68 Å². The number of hydrogen-bond donors (Lipinski definition) is 0. The van der Waals surface area contributed by atoms with Gasteiger partial charge in [-0.15, -0.1) is 0 Å². The summed E-state index contributed by atoms with van der Waals surface area (Å²) in [7, 11) is -1.66. The molecule has 0 bridgehead atoms. The molecule has 1 unspecified atom stereocenters. The quantitative estimate of drug-likeness (QED) is 0.771. The second-order valence-corrected chi connectivity index (χ2v) is 7.99. The van der Waals surface area contributed by atoms with Crippen LogP contribution in [0.2, 0.25) is 0 Å². The molecule has 1 atom stereocenters. The Morgan fingerprint density at radius 2 is 2.05 bits per heavy atom. The summed E-state index contributed by atoms with van der Waals surface area (Å²) in [6.07, 6.45) is 3.85. The van der Waals surface area contributed by atoms with Crippen LogP contribution < -0.4 is 0 Å². The van der Waals surface area contributed by atoms with Crippen molar-refractivity contribution in [1.29, 1.82) is 0 Å². The zero-order chi connectivity index (χ0) is 14.9. The number of rotatable bonds is 4. The third-order valence-corrected chi connectivity index (χ3v) is 6.69. The van der Waals surface area contributed by atoms with Crippen molar-refractivity contribution in [1.82, 2.24) is 14.1 Å². The van der Waals surface area contributed by atoms with E-state index in [0.29, 0.717) is 22.8 Å². The molecule has 114 valence electrons. The van der Waals surface area contributed by atoms with E-state index in [1.807, 2.05) is 6.92 Å². The molecule has 2 heterocycles. The number of nitrogens with zero attached hydrogens (tertiary/aromatic N) is 3. The van der Waals surface area contributed by atoms with Crippen LogP contribution in [0.3, 0.4) is 0 Å². The number of piperidine rings is 1. The van der Waals surface area contributed by atoms with Crippen LogP contribution in [0.5, 0.6) is 0 Å². The van der Waals surface area contributed by atoms with Crippen molar-refractivity contribution in [2.24, 2.45) is 7.05 Å². The molecule has 0 N–H and O–H groups in total. The summed E-state index contributed by atoms with van der Waals surface area (Å²) < 4.78 is 29.3. The van der Waals surface area contributed by atoms with E-state index >= 15 is 0 Å². The molecule has 2 rings (SSSR count). The molecular formula is C13H22BrN3O2S. The zero-order valence-electron chi connectivity index (χ0n) is 12.3. The highest BCUT2D eigenvalue weighted by Crippen LogP contribution is 2.30. The summed E-state index contributed by atoms with van der Waals surface area (Å²) in [6.45, 7) is 4.20. The molecular weight excluding hydrogens is 342 g/mol. The Morgan fingerprint density at radius 3 is 2.60 bits per heavy atom. The Morgan fingerprint density at radius 1 is 1.35 bits per heavy atom. The molecule has 0 aromatic carbocycles. The van der Waals surface area contributed by atoms with Gasteiger partial charge in [0.25, 0.3) is 0 Å². The normalized spacial score (nSPS) is 21.3. The standard InChI is InChI=1S/C13H22BrN3O2S/c1-10-13(11(2)16(3)15-10)20(18,19)17-9-5-4-6-12(17)7-8-14/h12H,4-9H2,1-3H3. The monoisotopic (exact) mass is 363 g/mol. The summed E-state index contributed by atoms with van der Waals surface area (Å²) in [6, 6.07) is 0.104. The van der Waals surface area contributed by atoms with Gasteiger partial charge in [0.05, 0.1) is 11.4 Å². The first-order chi connectivity index (χ1) is 9.39. The van der Waals surface area contributed by atoms with Crippen LogP contribution >= 0.6 is 15.9 Å². The maximum Gasteiger partial charge on any atom is 0.246 e.